The Morgan fingerprint density at radius 1 is 1.17 bits per heavy atom. The van der Waals surface area contributed by atoms with Gasteiger partial charge < -0.3 is 10.3 Å². The number of H-pyrrole nitrogens is 1. The van der Waals surface area contributed by atoms with Crippen LogP contribution in [0.25, 0.3) is 11.0 Å². The van der Waals surface area contributed by atoms with Crippen LogP contribution in [0.4, 0.5) is 0 Å². The molecule has 0 unspecified atom stereocenters. The average molecular weight is 396 g/mol. The number of nitrogens with one attached hydrogen (secondary N) is 2. The first-order chi connectivity index (χ1) is 14.0. The molecule has 1 aliphatic heterocycles. The molecule has 1 saturated heterocycles. The molecule has 29 heavy (non-hydrogen) atoms. The number of nitrogens with zero attached hydrogens (tertiary/aromatic N) is 2. The largest absolute Gasteiger partial charge is 0.346 e. The van der Waals surface area contributed by atoms with Crippen LogP contribution in [-0.2, 0) is 14.4 Å². The maximum Gasteiger partial charge on any atom is 0.233 e. The number of carbonyl (C=O) groups is 3. The molecule has 154 valence electrons. The number of hydrogen-bond acceptors (Lipinski definition) is 4. The molecule has 1 aliphatic carbocycles. The van der Waals surface area contributed by atoms with Crippen molar-refractivity contribution in [3.05, 3.63) is 30.1 Å². The van der Waals surface area contributed by atoms with E-state index in [2.05, 4.69) is 15.3 Å². The molecule has 3 amide bonds. The van der Waals surface area contributed by atoms with Gasteiger partial charge >= 0.3 is 0 Å². The number of aromatic nitrogens is 2. The van der Waals surface area contributed by atoms with Crippen LogP contribution < -0.4 is 5.32 Å². The fourth-order valence-corrected chi connectivity index (χ4v) is 4.58. The smallest absolute Gasteiger partial charge is 0.233 e. The van der Waals surface area contributed by atoms with Gasteiger partial charge in [-0.05, 0) is 30.9 Å². The zero-order chi connectivity index (χ0) is 20.5. The number of likely N-dealkylation sites (tertiary alicyclic amines) is 1. The monoisotopic (exact) mass is 396 g/mol. The van der Waals surface area contributed by atoms with Crippen LogP contribution >= 0.6 is 0 Å². The first kappa shape index (κ1) is 19.6. The Hall–Kier alpha value is -2.70. The zero-order valence-electron chi connectivity index (χ0n) is 17.0. The van der Waals surface area contributed by atoms with Crippen molar-refractivity contribution < 1.29 is 14.4 Å². The number of amides is 3. The third-order valence-corrected chi connectivity index (χ3v) is 6.18. The summed E-state index contributed by atoms with van der Waals surface area (Å²) in [6.45, 7) is 4.20. The first-order valence-electron chi connectivity index (χ1n) is 10.5. The summed E-state index contributed by atoms with van der Waals surface area (Å²) < 4.78 is 0. The summed E-state index contributed by atoms with van der Waals surface area (Å²) in [6.07, 6.45) is 3.70. The molecular weight excluding hydrogens is 368 g/mol. The lowest BCUT2D eigenvalue weighted by Crippen LogP contribution is -2.37. The molecule has 1 saturated carbocycles. The predicted molar refractivity (Wildman–Crippen MR) is 109 cm³/mol. The molecule has 2 heterocycles. The Morgan fingerprint density at radius 2 is 1.83 bits per heavy atom. The minimum absolute atomic E-state index is 0.0924. The van der Waals surface area contributed by atoms with Crippen molar-refractivity contribution in [3.63, 3.8) is 0 Å². The molecule has 4 rings (SSSR count). The van der Waals surface area contributed by atoms with Crippen molar-refractivity contribution in [2.24, 2.45) is 17.8 Å². The van der Waals surface area contributed by atoms with Gasteiger partial charge in [-0.25, -0.2) is 4.98 Å². The SMILES string of the molecule is CC(C)[C@H](NC(=O)CCN1C(=O)[C@H]2CCCC[C@H]2C1=O)c1nc2ccccc2[nH]1. The molecule has 2 aromatic rings. The highest BCUT2D eigenvalue weighted by Crippen LogP contribution is 2.38. The van der Waals surface area contributed by atoms with E-state index < -0.39 is 0 Å². The first-order valence-corrected chi connectivity index (χ1v) is 10.5. The average Bonchev–Trinajstić information content (AvgIpc) is 3.24. The van der Waals surface area contributed by atoms with Gasteiger partial charge in [0.25, 0.3) is 0 Å². The van der Waals surface area contributed by atoms with E-state index in [0.717, 1.165) is 36.7 Å². The summed E-state index contributed by atoms with van der Waals surface area (Å²) in [5.74, 6) is 0.151. The lowest BCUT2D eigenvalue weighted by Gasteiger charge is -2.21. The Balaban J connectivity index is 1.40. The van der Waals surface area contributed by atoms with Crippen molar-refractivity contribution >= 4 is 28.8 Å². The van der Waals surface area contributed by atoms with Gasteiger partial charge in [0.15, 0.2) is 0 Å². The van der Waals surface area contributed by atoms with Gasteiger partial charge in [0, 0.05) is 13.0 Å². The van der Waals surface area contributed by atoms with Crippen LogP contribution in [0.3, 0.4) is 0 Å². The lowest BCUT2D eigenvalue weighted by atomic mass is 9.81. The number of para-hydroxylation sites is 2. The number of carbonyl (C=O) groups excluding carboxylic acids is 3. The highest BCUT2D eigenvalue weighted by atomic mass is 16.2. The molecule has 2 aliphatic rings. The number of imide groups is 1. The van der Waals surface area contributed by atoms with E-state index in [1.54, 1.807) is 0 Å². The topological polar surface area (TPSA) is 95.2 Å². The van der Waals surface area contributed by atoms with E-state index in [1.165, 1.54) is 4.90 Å². The number of aromatic amines is 1. The number of hydrogen-bond donors (Lipinski definition) is 2. The van der Waals surface area contributed by atoms with E-state index >= 15 is 0 Å². The quantitative estimate of drug-likeness (QED) is 0.734. The third-order valence-electron chi connectivity index (χ3n) is 6.18. The number of benzene rings is 1. The normalized spacial score (nSPS) is 22.9. The molecule has 7 heteroatoms. The second-order valence-electron chi connectivity index (χ2n) is 8.50. The van der Waals surface area contributed by atoms with Crippen molar-refractivity contribution in [3.8, 4) is 0 Å². The van der Waals surface area contributed by atoms with E-state index in [9.17, 15) is 14.4 Å². The Kier molecular flexibility index (Phi) is 5.39. The summed E-state index contributed by atoms with van der Waals surface area (Å²) in [5, 5.41) is 3.03. The lowest BCUT2D eigenvalue weighted by molar-refractivity contribution is -0.140. The second kappa shape index (κ2) is 7.97. The molecule has 2 fully saturated rings. The Bertz CT molecular complexity index is 878. The third kappa shape index (κ3) is 3.78. The van der Waals surface area contributed by atoms with E-state index in [4.69, 9.17) is 0 Å². The number of rotatable bonds is 6. The number of imidazole rings is 1. The van der Waals surface area contributed by atoms with Crippen LogP contribution in [0.15, 0.2) is 24.3 Å². The van der Waals surface area contributed by atoms with Crippen LogP contribution in [0.1, 0.15) is 57.8 Å². The maximum absolute atomic E-state index is 12.6. The van der Waals surface area contributed by atoms with Gasteiger partial charge in [-0.2, -0.15) is 0 Å². The van der Waals surface area contributed by atoms with Crippen molar-refractivity contribution in [2.75, 3.05) is 6.54 Å². The summed E-state index contributed by atoms with van der Waals surface area (Å²) in [4.78, 5) is 47.0. The van der Waals surface area contributed by atoms with Crippen molar-refractivity contribution in [2.45, 2.75) is 52.0 Å². The van der Waals surface area contributed by atoms with Gasteiger partial charge in [0.2, 0.25) is 17.7 Å². The Morgan fingerprint density at radius 3 is 2.45 bits per heavy atom. The van der Waals surface area contributed by atoms with E-state index in [-0.39, 0.29) is 54.5 Å². The van der Waals surface area contributed by atoms with Crippen LogP contribution in [-0.4, -0.2) is 39.1 Å². The van der Waals surface area contributed by atoms with Gasteiger partial charge in [0.05, 0.1) is 28.9 Å². The molecule has 7 nitrogen and oxygen atoms in total. The van der Waals surface area contributed by atoms with E-state index in [0.29, 0.717) is 5.82 Å². The molecular formula is C22H28N4O3. The van der Waals surface area contributed by atoms with Gasteiger partial charge in [-0.3, -0.25) is 19.3 Å². The molecule has 0 bridgehead atoms. The summed E-state index contributed by atoms with van der Waals surface area (Å²) in [7, 11) is 0. The summed E-state index contributed by atoms with van der Waals surface area (Å²) >= 11 is 0. The predicted octanol–water partition coefficient (Wildman–Crippen LogP) is 2.94. The highest BCUT2D eigenvalue weighted by Gasteiger charge is 2.47. The van der Waals surface area contributed by atoms with Gasteiger partial charge in [-0.1, -0.05) is 38.8 Å². The molecule has 1 aromatic heterocycles. The fourth-order valence-electron chi connectivity index (χ4n) is 4.58. The second-order valence-corrected chi connectivity index (χ2v) is 8.50. The molecule has 1 aromatic carbocycles. The van der Waals surface area contributed by atoms with Crippen molar-refractivity contribution in [1.82, 2.24) is 20.2 Å². The fraction of sp³-hybridized carbons (Fsp3) is 0.545. The van der Waals surface area contributed by atoms with Crippen LogP contribution in [0.2, 0.25) is 0 Å². The van der Waals surface area contributed by atoms with Crippen LogP contribution in [0, 0.1) is 17.8 Å². The van der Waals surface area contributed by atoms with Gasteiger partial charge in [-0.15, -0.1) is 0 Å². The standard InChI is InChI=1S/C22H28N4O3/c1-13(2)19(20-23-16-9-5-6-10-17(16)24-20)25-18(27)11-12-26-21(28)14-7-3-4-8-15(14)22(26)29/h5-6,9-10,13-15,19H,3-4,7-8,11-12H2,1-2H3,(H,23,24)(H,25,27)/t14-,15+,19-/m0/s1. The molecule has 0 radical (unpaired) electrons. The number of fused-ring (bicyclic) bond motifs is 2. The maximum atomic E-state index is 12.6. The molecule has 2 N–H and O–H groups in total. The highest BCUT2D eigenvalue weighted by molar-refractivity contribution is 6.05. The van der Waals surface area contributed by atoms with Gasteiger partial charge in [0.1, 0.15) is 5.82 Å². The minimum Gasteiger partial charge on any atom is -0.346 e. The Labute approximate surface area is 170 Å². The van der Waals surface area contributed by atoms with Crippen LogP contribution in [0.5, 0.6) is 0 Å². The minimum atomic E-state index is -0.262. The van der Waals surface area contributed by atoms with Crippen molar-refractivity contribution in [1.29, 1.82) is 0 Å². The molecule has 3 atom stereocenters. The summed E-state index contributed by atoms with van der Waals surface area (Å²) in [5.41, 5.74) is 1.79. The zero-order valence-corrected chi connectivity index (χ0v) is 17.0. The molecule has 0 spiro atoms. The summed E-state index contributed by atoms with van der Waals surface area (Å²) in [6, 6.07) is 7.49. The van der Waals surface area contributed by atoms with E-state index in [1.807, 2.05) is 38.1 Å².